The van der Waals surface area contributed by atoms with Crippen LogP contribution in [0.15, 0.2) is 28.0 Å². The van der Waals surface area contributed by atoms with Gasteiger partial charge in [0.2, 0.25) is 10.0 Å². The first kappa shape index (κ1) is 18.6. The van der Waals surface area contributed by atoms with E-state index >= 15 is 0 Å². The average Bonchev–Trinajstić information content (AvgIpc) is 2.34. The highest BCUT2D eigenvalue weighted by Gasteiger charge is 2.29. The molecule has 0 aliphatic heterocycles. The van der Waals surface area contributed by atoms with Crippen LogP contribution in [0.25, 0.3) is 0 Å². The van der Waals surface area contributed by atoms with Crippen molar-refractivity contribution >= 4 is 25.8 Å². The summed E-state index contributed by atoms with van der Waals surface area (Å²) in [6.45, 7) is 4.65. The molecule has 1 aromatic carbocycles. The van der Waals surface area contributed by atoms with E-state index in [1.807, 2.05) is 0 Å². The van der Waals surface area contributed by atoms with E-state index in [0.29, 0.717) is 5.56 Å². The van der Waals surface area contributed by atoms with Gasteiger partial charge in [-0.3, -0.25) is 4.79 Å². The standard InChI is InChI=1S/C13H19NO6S2/c1-8(2)12(13(15)16)14-22(19,20)11-7-10(21(4,17)18)6-5-9(11)3/h5-8,12,14H,1-4H3,(H,15,16). The molecule has 0 aliphatic rings. The predicted molar refractivity (Wildman–Crippen MR) is 80.9 cm³/mol. The van der Waals surface area contributed by atoms with Gasteiger partial charge in [0.25, 0.3) is 0 Å². The zero-order chi connectivity index (χ0) is 17.3. The van der Waals surface area contributed by atoms with Crippen LogP contribution >= 0.6 is 0 Å². The summed E-state index contributed by atoms with van der Waals surface area (Å²) in [7, 11) is -7.73. The normalized spacial score (nSPS) is 14.0. The van der Waals surface area contributed by atoms with Crippen molar-refractivity contribution in [2.24, 2.45) is 5.92 Å². The van der Waals surface area contributed by atoms with Crippen molar-refractivity contribution in [1.82, 2.24) is 4.72 Å². The monoisotopic (exact) mass is 349 g/mol. The maximum Gasteiger partial charge on any atom is 0.322 e. The molecule has 0 amide bonds. The third kappa shape index (κ3) is 4.28. The molecular formula is C13H19NO6S2. The van der Waals surface area contributed by atoms with Crippen LogP contribution in [0.4, 0.5) is 0 Å². The van der Waals surface area contributed by atoms with Crippen molar-refractivity contribution in [1.29, 1.82) is 0 Å². The molecular weight excluding hydrogens is 330 g/mol. The largest absolute Gasteiger partial charge is 0.480 e. The van der Waals surface area contributed by atoms with E-state index < -0.39 is 37.8 Å². The quantitative estimate of drug-likeness (QED) is 0.784. The van der Waals surface area contributed by atoms with E-state index in [2.05, 4.69) is 4.72 Å². The van der Waals surface area contributed by atoms with Gasteiger partial charge in [-0.05, 0) is 30.5 Å². The molecule has 1 atom stereocenters. The molecule has 1 unspecified atom stereocenters. The van der Waals surface area contributed by atoms with Crippen LogP contribution < -0.4 is 4.72 Å². The zero-order valence-electron chi connectivity index (χ0n) is 12.7. The second-order valence-corrected chi connectivity index (χ2v) is 9.08. The highest BCUT2D eigenvalue weighted by molar-refractivity contribution is 7.91. The van der Waals surface area contributed by atoms with Crippen molar-refractivity contribution in [3.05, 3.63) is 23.8 Å². The number of sulfonamides is 1. The van der Waals surface area contributed by atoms with Gasteiger partial charge in [-0.15, -0.1) is 0 Å². The Kier molecular flexibility index (Phi) is 5.37. The Labute approximate surface area is 130 Å². The van der Waals surface area contributed by atoms with Gasteiger partial charge in [-0.1, -0.05) is 19.9 Å². The fourth-order valence-electron chi connectivity index (χ4n) is 1.80. The van der Waals surface area contributed by atoms with Gasteiger partial charge in [-0.2, -0.15) is 4.72 Å². The predicted octanol–water partition coefficient (Wildman–Crippen LogP) is 0.786. The average molecular weight is 349 g/mol. The number of nitrogens with one attached hydrogen (secondary N) is 1. The number of carboxylic acid groups (broad SMARTS) is 1. The molecule has 22 heavy (non-hydrogen) atoms. The Bertz CT molecular complexity index is 781. The number of aryl methyl sites for hydroxylation is 1. The molecule has 7 nitrogen and oxygen atoms in total. The van der Waals surface area contributed by atoms with Crippen LogP contribution in [0.2, 0.25) is 0 Å². The Balaban J connectivity index is 3.37. The van der Waals surface area contributed by atoms with Gasteiger partial charge in [-0.25, -0.2) is 16.8 Å². The molecule has 9 heteroatoms. The number of hydrogen-bond donors (Lipinski definition) is 2. The van der Waals surface area contributed by atoms with Gasteiger partial charge in [0.15, 0.2) is 9.84 Å². The lowest BCUT2D eigenvalue weighted by Gasteiger charge is -2.19. The van der Waals surface area contributed by atoms with Crippen molar-refractivity contribution in [3.8, 4) is 0 Å². The molecule has 0 fully saturated rings. The van der Waals surface area contributed by atoms with Gasteiger partial charge in [0, 0.05) is 6.26 Å². The van der Waals surface area contributed by atoms with Crippen LogP contribution in [0.3, 0.4) is 0 Å². The molecule has 0 spiro atoms. The first-order chi connectivity index (χ1) is 9.86. The molecule has 0 heterocycles. The van der Waals surface area contributed by atoms with Gasteiger partial charge in [0.1, 0.15) is 6.04 Å². The molecule has 0 radical (unpaired) electrons. The maximum absolute atomic E-state index is 12.4. The zero-order valence-corrected chi connectivity index (χ0v) is 14.3. The Morgan fingerprint density at radius 1 is 1.18 bits per heavy atom. The fourth-order valence-corrected chi connectivity index (χ4v) is 4.13. The fraction of sp³-hybridized carbons (Fsp3) is 0.462. The number of aliphatic carboxylic acids is 1. The summed E-state index contributed by atoms with van der Waals surface area (Å²) in [5.74, 6) is -1.76. The summed E-state index contributed by atoms with van der Waals surface area (Å²) in [6, 6.07) is 2.41. The highest BCUT2D eigenvalue weighted by Crippen LogP contribution is 2.21. The molecule has 1 aromatic rings. The van der Waals surface area contributed by atoms with Gasteiger partial charge in [0.05, 0.1) is 9.79 Å². The minimum atomic E-state index is -4.16. The number of benzene rings is 1. The van der Waals surface area contributed by atoms with Gasteiger partial charge < -0.3 is 5.11 Å². The van der Waals surface area contributed by atoms with Crippen molar-refractivity contribution in [3.63, 3.8) is 0 Å². The lowest BCUT2D eigenvalue weighted by Crippen LogP contribution is -2.44. The van der Waals surface area contributed by atoms with Crippen LogP contribution in [-0.4, -0.2) is 40.2 Å². The van der Waals surface area contributed by atoms with Gasteiger partial charge >= 0.3 is 5.97 Å². The van der Waals surface area contributed by atoms with E-state index in [4.69, 9.17) is 5.11 Å². The number of sulfone groups is 1. The molecule has 0 bridgehead atoms. The summed E-state index contributed by atoms with van der Waals surface area (Å²) < 4.78 is 50.0. The van der Waals surface area contributed by atoms with E-state index in [-0.39, 0.29) is 9.79 Å². The van der Waals surface area contributed by atoms with E-state index in [1.165, 1.54) is 19.1 Å². The summed E-state index contributed by atoms with van der Waals surface area (Å²) in [6.07, 6.45) is 0.968. The molecule has 0 aromatic heterocycles. The molecule has 0 saturated carbocycles. The summed E-state index contributed by atoms with van der Waals surface area (Å²) >= 11 is 0. The summed E-state index contributed by atoms with van der Waals surface area (Å²) in [4.78, 5) is 10.7. The number of carboxylic acids is 1. The SMILES string of the molecule is Cc1ccc(S(C)(=O)=O)cc1S(=O)(=O)NC(C(=O)O)C(C)C. The third-order valence-electron chi connectivity index (χ3n) is 3.09. The van der Waals surface area contributed by atoms with E-state index in [9.17, 15) is 21.6 Å². The van der Waals surface area contributed by atoms with E-state index in [1.54, 1.807) is 13.8 Å². The summed E-state index contributed by atoms with van der Waals surface area (Å²) in [5.41, 5.74) is 0.327. The number of hydrogen-bond acceptors (Lipinski definition) is 5. The molecule has 0 saturated heterocycles. The highest BCUT2D eigenvalue weighted by atomic mass is 32.2. The third-order valence-corrected chi connectivity index (χ3v) is 5.79. The molecule has 2 N–H and O–H groups in total. The second kappa shape index (κ2) is 6.35. The number of rotatable bonds is 6. The minimum Gasteiger partial charge on any atom is -0.480 e. The number of carbonyl (C=O) groups is 1. The second-order valence-electron chi connectivity index (χ2n) is 5.38. The van der Waals surface area contributed by atoms with Crippen molar-refractivity contribution in [2.45, 2.75) is 36.6 Å². The van der Waals surface area contributed by atoms with Crippen molar-refractivity contribution in [2.75, 3.05) is 6.26 Å². The smallest absolute Gasteiger partial charge is 0.322 e. The minimum absolute atomic E-state index is 0.144. The first-order valence-electron chi connectivity index (χ1n) is 6.42. The Morgan fingerprint density at radius 2 is 1.73 bits per heavy atom. The molecule has 0 aliphatic carbocycles. The van der Waals surface area contributed by atoms with E-state index in [0.717, 1.165) is 12.3 Å². The molecule has 1 rings (SSSR count). The molecule has 124 valence electrons. The summed E-state index contributed by atoms with van der Waals surface area (Å²) in [5, 5.41) is 9.08. The van der Waals surface area contributed by atoms with Crippen LogP contribution in [-0.2, 0) is 24.7 Å². The Morgan fingerprint density at radius 3 is 2.14 bits per heavy atom. The lowest BCUT2D eigenvalue weighted by atomic mass is 10.1. The van der Waals surface area contributed by atoms with Crippen LogP contribution in [0, 0.1) is 12.8 Å². The topological polar surface area (TPSA) is 118 Å². The first-order valence-corrected chi connectivity index (χ1v) is 9.79. The maximum atomic E-state index is 12.4. The van der Waals surface area contributed by atoms with Crippen molar-refractivity contribution < 1.29 is 26.7 Å². The Hall–Kier alpha value is -1.45. The van der Waals surface area contributed by atoms with Crippen LogP contribution in [0.1, 0.15) is 19.4 Å². The lowest BCUT2D eigenvalue weighted by molar-refractivity contribution is -0.140. The van der Waals surface area contributed by atoms with Crippen LogP contribution in [0.5, 0.6) is 0 Å².